The van der Waals surface area contributed by atoms with E-state index in [2.05, 4.69) is 20.9 Å². The number of non-ortho nitro benzene ring substituents is 1. The average Bonchev–Trinajstić information content (AvgIpc) is 2.78. The highest BCUT2D eigenvalue weighted by Gasteiger charge is 2.09. The number of nitrogen functional groups attached to an aromatic ring is 1. The Bertz CT molecular complexity index is 1080. The largest absolute Gasteiger partial charge is 0.396 e. The van der Waals surface area contributed by atoms with E-state index in [4.69, 9.17) is 5.73 Å². The molecule has 5 N–H and O–H groups in total. The normalized spacial score (nSPS) is 10.2. The minimum Gasteiger partial charge on any atom is -0.396 e. The molecule has 3 amide bonds. The maximum atomic E-state index is 12.3. The molecule has 3 aromatic rings. The van der Waals surface area contributed by atoms with Gasteiger partial charge < -0.3 is 21.7 Å². The fraction of sp³-hybridized carbons (Fsp3) is 0.0952. The standard InChI is InChI=1S/C21H20N6O4/c22-18-13-23-10-9-19(18)26-20(28)16-5-1-14(2-6-16)11-24-21(29)25-12-15-3-7-17(8-4-15)27(30)31/h1-10,13H,11-12,22H2,(H,23,26,28)(H2,24,25,29). The smallest absolute Gasteiger partial charge is 0.315 e. The molecule has 0 bridgehead atoms. The van der Waals surface area contributed by atoms with E-state index in [-0.39, 0.29) is 30.7 Å². The van der Waals surface area contributed by atoms with Crippen LogP contribution >= 0.6 is 0 Å². The van der Waals surface area contributed by atoms with Gasteiger partial charge in [0.1, 0.15) is 0 Å². The number of carbonyl (C=O) groups excluding carboxylic acids is 2. The maximum absolute atomic E-state index is 12.3. The van der Waals surface area contributed by atoms with E-state index in [9.17, 15) is 19.7 Å². The Balaban J connectivity index is 1.46. The third-order valence-electron chi connectivity index (χ3n) is 4.37. The van der Waals surface area contributed by atoms with Gasteiger partial charge in [0.2, 0.25) is 0 Å². The number of hydrogen-bond acceptors (Lipinski definition) is 6. The van der Waals surface area contributed by atoms with E-state index < -0.39 is 4.92 Å². The van der Waals surface area contributed by atoms with Crippen molar-refractivity contribution < 1.29 is 14.5 Å². The SMILES string of the molecule is Nc1cnccc1NC(=O)c1ccc(CNC(=O)NCc2ccc([N+](=O)[O-])cc2)cc1. The van der Waals surface area contributed by atoms with Gasteiger partial charge in [0, 0.05) is 37.0 Å². The lowest BCUT2D eigenvalue weighted by Crippen LogP contribution is -2.34. The third-order valence-corrected chi connectivity index (χ3v) is 4.37. The molecule has 0 fully saturated rings. The number of anilines is 2. The van der Waals surface area contributed by atoms with Crippen LogP contribution in [0.5, 0.6) is 0 Å². The van der Waals surface area contributed by atoms with Crippen molar-refractivity contribution in [2.45, 2.75) is 13.1 Å². The summed E-state index contributed by atoms with van der Waals surface area (Å²) in [6, 6.07) is 13.9. The average molecular weight is 420 g/mol. The summed E-state index contributed by atoms with van der Waals surface area (Å²) < 4.78 is 0. The van der Waals surface area contributed by atoms with Gasteiger partial charge in [-0.3, -0.25) is 19.9 Å². The molecular weight excluding hydrogens is 400 g/mol. The zero-order valence-corrected chi connectivity index (χ0v) is 16.4. The molecule has 0 unspecified atom stereocenters. The Labute approximate surface area is 177 Å². The molecular formula is C21H20N6O4. The topological polar surface area (TPSA) is 152 Å². The number of nitrogens with two attached hydrogens (primary N) is 1. The molecule has 1 heterocycles. The number of benzene rings is 2. The second-order valence-corrected chi connectivity index (χ2v) is 6.57. The molecule has 0 atom stereocenters. The molecule has 0 radical (unpaired) electrons. The summed E-state index contributed by atoms with van der Waals surface area (Å²) in [5.41, 5.74) is 8.62. The van der Waals surface area contributed by atoms with Gasteiger partial charge in [-0.05, 0) is 29.3 Å². The number of pyridine rings is 1. The quantitative estimate of drug-likeness (QED) is 0.341. The van der Waals surface area contributed by atoms with E-state index in [1.54, 1.807) is 42.5 Å². The van der Waals surface area contributed by atoms with E-state index >= 15 is 0 Å². The van der Waals surface area contributed by atoms with Crippen LogP contribution in [0.25, 0.3) is 0 Å². The summed E-state index contributed by atoms with van der Waals surface area (Å²) in [6.07, 6.45) is 2.99. The Morgan fingerprint density at radius 3 is 2.06 bits per heavy atom. The molecule has 0 aliphatic rings. The Hall–Kier alpha value is -4.47. The number of nitrogens with one attached hydrogen (secondary N) is 3. The van der Waals surface area contributed by atoms with Crippen LogP contribution in [0, 0.1) is 10.1 Å². The summed E-state index contributed by atoms with van der Waals surface area (Å²) in [5, 5.41) is 18.8. The lowest BCUT2D eigenvalue weighted by molar-refractivity contribution is -0.384. The van der Waals surface area contributed by atoms with Crippen LogP contribution in [0.3, 0.4) is 0 Å². The second kappa shape index (κ2) is 9.83. The molecule has 0 saturated heterocycles. The summed E-state index contributed by atoms with van der Waals surface area (Å²) in [5.74, 6) is -0.307. The van der Waals surface area contributed by atoms with Gasteiger partial charge in [0.25, 0.3) is 11.6 Å². The van der Waals surface area contributed by atoms with Crippen LogP contribution in [0.15, 0.2) is 67.0 Å². The molecule has 3 rings (SSSR count). The predicted molar refractivity (Wildman–Crippen MR) is 115 cm³/mol. The van der Waals surface area contributed by atoms with Crippen molar-refractivity contribution in [1.29, 1.82) is 0 Å². The van der Waals surface area contributed by atoms with Gasteiger partial charge in [-0.2, -0.15) is 0 Å². The van der Waals surface area contributed by atoms with Crippen molar-refractivity contribution in [3.63, 3.8) is 0 Å². The number of nitrogens with zero attached hydrogens (tertiary/aromatic N) is 2. The monoisotopic (exact) mass is 420 g/mol. The summed E-state index contributed by atoms with van der Waals surface area (Å²) >= 11 is 0. The number of aromatic nitrogens is 1. The van der Waals surface area contributed by atoms with Crippen molar-refractivity contribution in [3.8, 4) is 0 Å². The highest BCUT2D eigenvalue weighted by molar-refractivity contribution is 6.05. The molecule has 1 aromatic heterocycles. The first-order chi connectivity index (χ1) is 14.9. The lowest BCUT2D eigenvalue weighted by Gasteiger charge is -2.09. The van der Waals surface area contributed by atoms with E-state index in [0.29, 0.717) is 16.9 Å². The van der Waals surface area contributed by atoms with Gasteiger partial charge in [0.15, 0.2) is 0 Å². The number of hydrogen-bond donors (Lipinski definition) is 4. The molecule has 10 nitrogen and oxygen atoms in total. The minimum atomic E-state index is -0.479. The fourth-order valence-corrected chi connectivity index (χ4v) is 2.65. The van der Waals surface area contributed by atoms with Gasteiger partial charge in [-0.15, -0.1) is 0 Å². The summed E-state index contributed by atoms with van der Waals surface area (Å²) in [7, 11) is 0. The van der Waals surface area contributed by atoms with Crippen LogP contribution in [-0.4, -0.2) is 21.8 Å². The highest BCUT2D eigenvalue weighted by Crippen LogP contribution is 2.17. The Kier molecular flexibility index (Phi) is 6.74. The molecule has 31 heavy (non-hydrogen) atoms. The number of urea groups is 1. The lowest BCUT2D eigenvalue weighted by atomic mass is 10.1. The minimum absolute atomic E-state index is 0.00502. The van der Waals surface area contributed by atoms with Crippen molar-refractivity contribution in [3.05, 3.63) is 93.8 Å². The fourth-order valence-electron chi connectivity index (χ4n) is 2.65. The molecule has 2 aromatic carbocycles. The maximum Gasteiger partial charge on any atom is 0.315 e. The first-order valence-electron chi connectivity index (χ1n) is 9.27. The Morgan fingerprint density at radius 2 is 1.52 bits per heavy atom. The molecule has 158 valence electrons. The van der Waals surface area contributed by atoms with Crippen molar-refractivity contribution >= 4 is 29.0 Å². The zero-order valence-electron chi connectivity index (χ0n) is 16.4. The number of nitro groups is 1. The van der Waals surface area contributed by atoms with Crippen LogP contribution in [0.4, 0.5) is 21.9 Å². The van der Waals surface area contributed by atoms with Crippen LogP contribution in [0.1, 0.15) is 21.5 Å². The number of amides is 3. The van der Waals surface area contributed by atoms with Crippen LogP contribution < -0.4 is 21.7 Å². The van der Waals surface area contributed by atoms with Crippen LogP contribution in [0.2, 0.25) is 0 Å². The first kappa shape index (κ1) is 21.2. The second-order valence-electron chi connectivity index (χ2n) is 6.57. The van der Waals surface area contributed by atoms with E-state index in [1.807, 2.05) is 0 Å². The van der Waals surface area contributed by atoms with Gasteiger partial charge in [-0.25, -0.2) is 4.79 Å². The molecule has 0 saturated carbocycles. The Morgan fingerprint density at radius 1 is 0.935 bits per heavy atom. The molecule has 0 aliphatic heterocycles. The molecule has 10 heteroatoms. The van der Waals surface area contributed by atoms with Gasteiger partial charge in [0.05, 0.1) is 22.5 Å². The van der Waals surface area contributed by atoms with Crippen molar-refractivity contribution in [2.75, 3.05) is 11.1 Å². The highest BCUT2D eigenvalue weighted by atomic mass is 16.6. The van der Waals surface area contributed by atoms with Crippen LogP contribution in [-0.2, 0) is 13.1 Å². The molecule has 0 spiro atoms. The van der Waals surface area contributed by atoms with Crippen molar-refractivity contribution in [1.82, 2.24) is 15.6 Å². The van der Waals surface area contributed by atoms with E-state index in [0.717, 1.165) is 11.1 Å². The summed E-state index contributed by atoms with van der Waals surface area (Å²) in [6.45, 7) is 0.506. The van der Waals surface area contributed by atoms with Gasteiger partial charge in [-0.1, -0.05) is 24.3 Å². The zero-order chi connectivity index (χ0) is 22.2. The summed E-state index contributed by atoms with van der Waals surface area (Å²) in [4.78, 5) is 38.3. The molecule has 0 aliphatic carbocycles. The number of nitro benzene ring substituents is 1. The van der Waals surface area contributed by atoms with Gasteiger partial charge >= 0.3 is 6.03 Å². The first-order valence-corrected chi connectivity index (χ1v) is 9.27. The predicted octanol–water partition coefficient (Wildman–Crippen LogP) is 2.82. The van der Waals surface area contributed by atoms with Crippen molar-refractivity contribution in [2.24, 2.45) is 0 Å². The van der Waals surface area contributed by atoms with E-state index in [1.165, 1.54) is 24.5 Å². The third kappa shape index (κ3) is 6.00. The number of carbonyl (C=O) groups is 2. The number of rotatable bonds is 7.